The first-order chi connectivity index (χ1) is 11.4. The SMILES string of the molecule is CC(C)(CNC(=O)c1cccc(Cl)c1)c1c[nH]c2cc(F)ccc12. The number of halogens is 2. The van der Waals surface area contributed by atoms with Crippen LogP contribution in [-0.4, -0.2) is 17.4 Å². The zero-order valence-corrected chi connectivity index (χ0v) is 14.2. The summed E-state index contributed by atoms with van der Waals surface area (Å²) in [6.07, 6.45) is 1.87. The second-order valence-electron chi connectivity index (χ2n) is 6.47. The van der Waals surface area contributed by atoms with Gasteiger partial charge in [0.25, 0.3) is 5.91 Å². The molecule has 3 aromatic rings. The summed E-state index contributed by atoms with van der Waals surface area (Å²) in [6.45, 7) is 4.52. The van der Waals surface area contributed by atoms with Crippen molar-refractivity contribution in [1.82, 2.24) is 10.3 Å². The predicted molar refractivity (Wildman–Crippen MR) is 95.1 cm³/mol. The first kappa shape index (κ1) is 16.5. The summed E-state index contributed by atoms with van der Waals surface area (Å²) in [5, 5.41) is 4.43. The number of benzene rings is 2. The molecule has 2 aromatic carbocycles. The summed E-state index contributed by atoms with van der Waals surface area (Å²) in [7, 11) is 0. The Labute approximate surface area is 144 Å². The van der Waals surface area contributed by atoms with E-state index >= 15 is 0 Å². The maximum absolute atomic E-state index is 13.3. The number of fused-ring (bicyclic) bond motifs is 1. The highest BCUT2D eigenvalue weighted by atomic mass is 35.5. The number of amides is 1. The summed E-state index contributed by atoms with van der Waals surface area (Å²) in [5.74, 6) is -0.445. The van der Waals surface area contributed by atoms with Gasteiger partial charge < -0.3 is 10.3 Å². The first-order valence-electron chi connectivity index (χ1n) is 7.68. The van der Waals surface area contributed by atoms with Crippen LogP contribution in [0.3, 0.4) is 0 Å². The quantitative estimate of drug-likeness (QED) is 0.710. The number of H-pyrrole nitrogens is 1. The highest BCUT2D eigenvalue weighted by Gasteiger charge is 2.25. The standard InChI is InChI=1S/C19H18ClFN2O/c1-19(2,11-23-18(24)12-4-3-5-13(20)8-12)16-10-22-17-9-14(21)6-7-15(16)17/h3-10,22H,11H2,1-2H3,(H,23,24). The minimum Gasteiger partial charge on any atom is -0.361 e. The van der Waals surface area contributed by atoms with E-state index in [1.807, 2.05) is 20.0 Å². The minimum absolute atomic E-state index is 0.170. The van der Waals surface area contributed by atoms with Crippen LogP contribution in [0.25, 0.3) is 10.9 Å². The third-order valence-corrected chi connectivity index (χ3v) is 4.39. The Hall–Kier alpha value is -2.33. The molecule has 5 heteroatoms. The van der Waals surface area contributed by atoms with Crippen LogP contribution in [0.5, 0.6) is 0 Å². The van der Waals surface area contributed by atoms with E-state index in [0.29, 0.717) is 17.1 Å². The van der Waals surface area contributed by atoms with E-state index in [-0.39, 0.29) is 17.1 Å². The highest BCUT2D eigenvalue weighted by molar-refractivity contribution is 6.30. The van der Waals surface area contributed by atoms with Gasteiger partial charge in [-0.05, 0) is 42.0 Å². The number of carbonyl (C=O) groups excluding carboxylic acids is 1. The van der Waals surface area contributed by atoms with Gasteiger partial charge in [0.2, 0.25) is 0 Å². The lowest BCUT2D eigenvalue weighted by Gasteiger charge is -2.25. The third kappa shape index (κ3) is 3.29. The molecule has 0 aliphatic carbocycles. The Morgan fingerprint density at radius 2 is 2.04 bits per heavy atom. The summed E-state index contributed by atoms with van der Waals surface area (Å²) in [6, 6.07) is 11.5. The van der Waals surface area contributed by atoms with Gasteiger partial charge in [0, 0.05) is 39.6 Å². The summed E-state index contributed by atoms with van der Waals surface area (Å²) >= 11 is 5.92. The molecule has 3 nitrogen and oxygen atoms in total. The molecule has 1 amide bonds. The van der Waals surface area contributed by atoms with Gasteiger partial charge in [-0.15, -0.1) is 0 Å². The Bertz CT molecular complexity index is 901. The van der Waals surface area contributed by atoms with Gasteiger partial charge in [0.05, 0.1) is 0 Å². The van der Waals surface area contributed by atoms with Crippen LogP contribution >= 0.6 is 11.6 Å². The fraction of sp³-hybridized carbons (Fsp3) is 0.211. The predicted octanol–water partition coefficient (Wildman–Crippen LogP) is 4.67. The summed E-state index contributed by atoms with van der Waals surface area (Å²) in [5.41, 5.74) is 1.99. The lowest BCUT2D eigenvalue weighted by molar-refractivity contribution is 0.0945. The molecule has 24 heavy (non-hydrogen) atoms. The van der Waals surface area contributed by atoms with E-state index in [0.717, 1.165) is 16.5 Å². The maximum atomic E-state index is 13.3. The molecular formula is C19H18ClFN2O. The minimum atomic E-state index is -0.315. The van der Waals surface area contributed by atoms with Crippen molar-refractivity contribution in [3.8, 4) is 0 Å². The maximum Gasteiger partial charge on any atom is 0.251 e. The van der Waals surface area contributed by atoms with E-state index in [1.54, 1.807) is 30.3 Å². The Morgan fingerprint density at radius 1 is 1.25 bits per heavy atom. The average molecular weight is 345 g/mol. The molecule has 0 unspecified atom stereocenters. The molecule has 0 saturated heterocycles. The molecule has 124 valence electrons. The van der Waals surface area contributed by atoms with E-state index in [9.17, 15) is 9.18 Å². The van der Waals surface area contributed by atoms with Gasteiger partial charge in [-0.3, -0.25) is 4.79 Å². The lowest BCUT2D eigenvalue weighted by atomic mass is 9.84. The molecule has 0 radical (unpaired) electrons. The van der Waals surface area contributed by atoms with Crippen LogP contribution in [0.15, 0.2) is 48.7 Å². The van der Waals surface area contributed by atoms with E-state index in [2.05, 4.69) is 10.3 Å². The summed E-state index contributed by atoms with van der Waals surface area (Å²) in [4.78, 5) is 15.4. The molecule has 0 spiro atoms. The third-order valence-electron chi connectivity index (χ3n) is 4.15. The number of rotatable bonds is 4. The Balaban J connectivity index is 1.79. The molecule has 1 aromatic heterocycles. The van der Waals surface area contributed by atoms with Crippen molar-refractivity contribution in [2.45, 2.75) is 19.3 Å². The van der Waals surface area contributed by atoms with Crippen molar-refractivity contribution in [1.29, 1.82) is 0 Å². The topological polar surface area (TPSA) is 44.9 Å². The fourth-order valence-corrected chi connectivity index (χ4v) is 2.98. The largest absolute Gasteiger partial charge is 0.361 e. The monoisotopic (exact) mass is 344 g/mol. The molecule has 0 aliphatic rings. The molecule has 0 fully saturated rings. The summed E-state index contributed by atoms with van der Waals surface area (Å²) < 4.78 is 13.3. The molecule has 0 saturated carbocycles. The zero-order valence-electron chi connectivity index (χ0n) is 13.5. The van der Waals surface area contributed by atoms with Gasteiger partial charge in [-0.1, -0.05) is 31.5 Å². The van der Waals surface area contributed by atoms with Gasteiger partial charge in [0.1, 0.15) is 5.82 Å². The number of carbonyl (C=O) groups is 1. The van der Waals surface area contributed by atoms with Crippen molar-refractivity contribution in [2.24, 2.45) is 0 Å². The van der Waals surface area contributed by atoms with Crippen molar-refractivity contribution < 1.29 is 9.18 Å². The molecule has 0 aliphatic heterocycles. The van der Waals surface area contributed by atoms with Crippen LogP contribution in [-0.2, 0) is 5.41 Å². The number of hydrogen-bond acceptors (Lipinski definition) is 1. The molecule has 3 rings (SSSR count). The van der Waals surface area contributed by atoms with Crippen LogP contribution in [0.1, 0.15) is 29.8 Å². The van der Waals surface area contributed by atoms with Crippen LogP contribution in [0, 0.1) is 5.82 Å². The Kier molecular flexibility index (Phi) is 4.33. The highest BCUT2D eigenvalue weighted by Crippen LogP contribution is 2.30. The number of aromatic amines is 1. The zero-order chi connectivity index (χ0) is 17.3. The first-order valence-corrected chi connectivity index (χ1v) is 8.05. The second-order valence-corrected chi connectivity index (χ2v) is 6.91. The molecule has 0 atom stereocenters. The fourth-order valence-electron chi connectivity index (χ4n) is 2.79. The number of aromatic nitrogens is 1. The van der Waals surface area contributed by atoms with Gasteiger partial charge in [-0.2, -0.15) is 0 Å². The van der Waals surface area contributed by atoms with Gasteiger partial charge in [-0.25, -0.2) is 4.39 Å². The van der Waals surface area contributed by atoms with E-state index < -0.39 is 0 Å². The second kappa shape index (κ2) is 6.29. The smallest absolute Gasteiger partial charge is 0.251 e. The van der Waals surface area contributed by atoms with Gasteiger partial charge in [0.15, 0.2) is 0 Å². The molecule has 1 heterocycles. The molecular weight excluding hydrogens is 327 g/mol. The Morgan fingerprint density at radius 3 is 2.79 bits per heavy atom. The van der Waals surface area contributed by atoms with Crippen molar-refractivity contribution in [2.75, 3.05) is 6.54 Å². The number of nitrogens with one attached hydrogen (secondary N) is 2. The van der Waals surface area contributed by atoms with E-state index in [1.165, 1.54) is 12.1 Å². The average Bonchev–Trinajstić information content (AvgIpc) is 2.96. The molecule has 2 N–H and O–H groups in total. The van der Waals surface area contributed by atoms with Crippen molar-refractivity contribution in [3.63, 3.8) is 0 Å². The normalized spacial score (nSPS) is 11.7. The van der Waals surface area contributed by atoms with Crippen molar-refractivity contribution in [3.05, 3.63) is 70.6 Å². The van der Waals surface area contributed by atoms with Gasteiger partial charge >= 0.3 is 0 Å². The number of hydrogen-bond donors (Lipinski definition) is 2. The lowest BCUT2D eigenvalue weighted by Crippen LogP contribution is -2.36. The van der Waals surface area contributed by atoms with E-state index in [4.69, 9.17) is 11.6 Å². The van der Waals surface area contributed by atoms with Crippen LogP contribution in [0.2, 0.25) is 5.02 Å². The molecule has 0 bridgehead atoms. The van der Waals surface area contributed by atoms with Crippen LogP contribution in [0.4, 0.5) is 4.39 Å². The van der Waals surface area contributed by atoms with Crippen molar-refractivity contribution >= 4 is 28.4 Å². The van der Waals surface area contributed by atoms with Crippen LogP contribution < -0.4 is 5.32 Å².